The standard InChI is InChI=1S/C20H16Cl2N4O3/c1-12-2-4-15(5-3-12)24-20(29)17-6-7-19(28)26(25-17)11-18(27)23-16-9-13(21)8-14(22)10-16/h2-10H,11H2,1H3,(H,23,27)(H,24,29). The Morgan fingerprint density at radius 2 is 1.59 bits per heavy atom. The molecule has 1 aromatic heterocycles. The molecule has 9 heteroatoms. The van der Waals surface area contributed by atoms with E-state index in [0.29, 0.717) is 21.4 Å². The Labute approximate surface area is 176 Å². The lowest BCUT2D eigenvalue weighted by molar-refractivity contribution is -0.117. The number of hydrogen-bond acceptors (Lipinski definition) is 4. The van der Waals surface area contributed by atoms with Crippen LogP contribution in [0.5, 0.6) is 0 Å². The van der Waals surface area contributed by atoms with Gasteiger partial charge in [0.05, 0.1) is 0 Å². The zero-order valence-electron chi connectivity index (χ0n) is 15.3. The number of nitrogens with one attached hydrogen (secondary N) is 2. The predicted molar refractivity (Wildman–Crippen MR) is 113 cm³/mol. The third kappa shape index (κ3) is 5.66. The van der Waals surface area contributed by atoms with Crippen LogP contribution in [0, 0.1) is 6.92 Å². The number of rotatable bonds is 5. The van der Waals surface area contributed by atoms with Crippen molar-refractivity contribution in [1.29, 1.82) is 0 Å². The Morgan fingerprint density at radius 1 is 0.931 bits per heavy atom. The minimum atomic E-state index is -0.519. The zero-order chi connectivity index (χ0) is 21.0. The molecule has 0 radical (unpaired) electrons. The molecule has 1 heterocycles. The van der Waals surface area contributed by atoms with Crippen molar-refractivity contribution in [3.63, 3.8) is 0 Å². The van der Waals surface area contributed by atoms with Crippen molar-refractivity contribution in [3.8, 4) is 0 Å². The summed E-state index contributed by atoms with van der Waals surface area (Å²) in [6, 6.07) is 14.3. The van der Waals surface area contributed by atoms with Gasteiger partial charge in [-0.2, -0.15) is 5.10 Å². The fourth-order valence-electron chi connectivity index (χ4n) is 2.48. The first-order valence-electron chi connectivity index (χ1n) is 8.52. The normalized spacial score (nSPS) is 10.4. The van der Waals surface area contributed by atoms with E-state index in [2.05, 4.69) is 15.7 Å². The highest BCUT2D eigenvalue weighted by molar-refractivity contribution is 6.35. The second-order valence-corrected chi connectivity index (χ2v) is 7.11. The predicted octanol–water partition coefficient (Wildman–Crippen LogP) is 3.75. The molecule has 0 spiro atoms. The molecular weight excluding hydrogens is 415 g/mol. The molecule has 0 bridgehead atoms. The average molecular weight is 431 g/mol. The topological polar surface area (TPSA) is 93.1 Å². The van der Waals surface area contributed by atoms with Crippen LogP contribution in [0.3, 0.4) is 0 Å². The van der Waals surface area contributed by atoms with Crippen LogP contribution < -0.4 is 16.2 Å². The number of carbonyl (C=O) groups excluding carboxylic acids is 2. The van der Waals surface area contributed by atoms with E-state index in [-0.39, 0.29) is 12.2 Å². The van der Waals surface area contributed by atoms with Crippen LogP contribution in [-0.2, 0) is 11.3 Å². The molecule has 0 atom stereocenters. The van der Waals surface area contributed by atoms with Gasteiger partial charge in [-0.25, -0.2) is 4.68 Å². The van der Waals surface area contributed by atoms with Crippen LogP contribution in [0.15, 0.2) is 59.4 Å². The Kier molecular flexibility index (Phi) is 6.31. The van der Waals surface area contributed by atoms with Gasteiger partial charge in [0.1, 0.15) is 12.2 Å². The van der Waals surface area contributed by atoms with E-state index in [1.54, 1.807) is 12.1 Å². The molecule has 2 aromatic carbocycles. The summed E-state index contributed by atoms with van der Waals surface area (Å²) in [5, 5.41) is 9.98. The molecule has 29 heavy (non-hydrogen) atoms. The first kappa shape index (κ1) is 20.6. The molecule has 148 valence electrons. The number of carbonyl (C=O) groups is 2. The number of nitrogens with zero attached hydrogens (tertiary/aromatic N) is 2. The summed E-state index contributed by atoms with van der Waals surface area (Å²) < 4.78 is 0.908. The Balaban J connectivity index is 1.72. The summed E-state index contributed by atoms with van der Waals surface area (Å²) in [5.41, 5.74) is 1.52. The van der Waals surface area contributed by atoms with Gasteiger partial charge < -0.3 is 10.6 Å². The number of hydrogen-bond donors (Lipinski definition) is 2. The Morgan fingerprint density at radius 3 is 2.24 bits per heavy atom. The second-order valence-electron chi connectivity index (χ2n) is 6.24. The molecule has 2 amide bonds. The highest BCUT2D eigenvalue weighted by Gasteiger charge is 2.13. The molecule has 0 aliphatic carbocycles. The van der Waals surface area contributed by atoms with E-state index in [9.17, 15) is 14.4 Å². The van der Waals surface area contributed by atoms with Crippen LogP contribution in [-0.4, -0.2) is 21.6 Å². The quantitative estimate of drug-likeness (QED) is 0.644. The highest BCUT2D eigenvalue weighted by atomic mass is 35.5. The number of anilines is 2. The maximum atomic E-state index is 12.4. The Bertz CT molecular complexity index is 1110. The van der Waals surface area contributed by atoms with Crippen LogP contribution in [0.4, 0.5) is 11.4 Å². The van der Waals surface area contributed by atoms with Crippen molar-refractivity contribution in [2.24, 2.45) is 0 Å². The van der Waals surface area contributed by atoms with Crippen molar-refractivity contribution in [2.45, 2.75) is 13.5 Å². The number of halogens is 2. The molecule has 0 unspecified atom stereocenters. The van der Waals surface area contributed by atoms with Gasteiger partial charge in [-0.05, 0) is 43.3 Å². The molecule has 0 saturated carbocycles. The molecule has 0 aliphatic rings. The maximum Gasteiger partial charge on any atom is 0.276 e. The van der Waals surface area contributed by atoms with E-state index >= 15 is 0 Å². The van der Waals surface area contributed by atoms with Gasteiger partial charge >= 0.3 is 0 Å². The summed E-state index contributed by atoms with van der Waals surface area (Å²) in [4.78, 5) is 36.7. The van der Waals surface area contributed by atoms with Gasteiger partial charge in [-0.1, -0.05) is 40.9 Å². The number of benzene rings is 2. The van der Waals surface area contributed by atoms with E-state index in [1.807, 2.05) is 19.1 Å². The summed E-state index contributed by atoms with van der Waals surface area (Å²) in [6.07, 6.45) is 0. The van der Waals surface area contributed by atoms with Crippen molar-refractivity contribution < 1.29 is 9.59 Å². The Hall–Kier alpha value is -3.16. The van der Waals surface area contributed by atoms with E-state index in [4.69, 9.17) is 23.2 Å². The van der Waals surface area contributed by atoms with Crippen molar-refractivity contribution >= 4 is 46.4 Å². The second kappa shape index (κ2) is 8.89. The van der Waals surface area contributed by atoms with Crippen LogP contribution in [0.2, 0.25) is 10.0 Å². The monoisotopic (exact) mass is 430 g/mol. The minimum absolute atomic E-state index is 0.00350. The molecule has 3 aromatic rings. The smallest absolute Gasteiger partial charge is 0.276 e. The van der Waals surface area contributed by atoms with Gasteiger partial charge in [0.25, 0.3) is 11.5 Å². The third-order valence-corrected chi connectivity index (χ3v) is 4.28. The van der Waals surface area contributed by atoms with E-state index < -0.39 is 17.4 Å². The molecule has 0 saturated heterocycles. The number of aryl methyl sites for hydroxylation is 1. The van der Waals surface area contributed by atoms with E-state index in [0.717, 1.165) is 10.2 Å². The largest absolute Gasteiger partial charge is 0.324 e. The first-order chi connectivity index (χ1) is 13.8. The summed E-state index contributed by atoms with van der Waals surface area (Å²) in [7, 11) is 0. The first-order valence-corrected chi connectivity index (χ1v) is 9.28. The fraction of sp³-hybridized carbons (Fsp3) is 0.100. The fourth-order valence-corrected chi connectivity index (χ4v) is 3.00. The van der Waals surface area contributed by atoms with E-state index in [1.165, 1.54) is 30.3 Å². The maximum absolute atomic E-state index is 12.4. The molecular formula is C20H16Cl2N4O3. The lowest BCUT2D eigenvalue weighted by Gasteiger charge is -2.09. The van der Waals surface area contributed by atoms with Gasteiger partial charge in [0.15, 0.2) is 0 Å². The van der Waals surface area contributed by atoms with Crippen molar-refractivity contribution in [3.05, 3.63) is 86.3 Å². The van der Waals surface area contributed by atoms with Crippen LogP contribution in [0.1, 0.15) is 16.1 Å². The summed E-state index contributed by atoms with van der Waals surface area (Å²) in [5.74, 6) is -1.02. The van der Waals surface area contributed by atoms with Gasteiger partial charge in [-0.15, -0.1) is 0 Å². The van der Waals surface area contributed by atoms with Crippen LogP contribution >= 0.6 is 23.2 Å². The minimum Gasteiger partial charge on any atom is -0.324 e. The highest BCUT2D eigenvalue weighted by Crippen LogP contribution is 2.22. The SMILES string of the molecule is Cc1ccc(NC(=O)c2ccc(=O)n(CC(=O)Nc3cc(Cl)cc(Cl)c3)n2)cc1. The number of amides is 2. The van der Waals surface area contributed by atoms with Gasteiger partial charge in [0.2, 0.25) is 5.91 Å². The van der Waals surface area contributed by atoms with Gasteiger partial charge in [-0.3, -0.25) is 14.4 Å². The molecule has 3 rings (SSSR count). The zero-order valence-corrected chi connectivity index (χ0v) is 16.8. The third-order valence-electron chi connectivity index (χ3n) is 3.85. The molecule has 0 aliphatic heterocycles. The molecule has 0 fully saturated rings. The number of aromatic nitrogens is 2. The van der Waals surface area contributed by atoms with Crippen molar-refractivity contribution in [1.82, 2.24) is 9.78 Å². The molecule has 2 N–H and O–H groups in total. The average Bonchev–Trinajstić information content (AvgIpc) is 2.64. The van der Waals surface area contributed by atoms with Crippen molar-refractivity contribution in [2.75, 3.05) is 10.6 Å². The summed E-state index contributed by atoms with van der Waals surface area (Å²) >= 11 is 11.8. The lowest BCUT2D eigenvalue weighted by Crippen LogP contribution is -2.31. The van der Waals surface area contributed by atoms with Gasteiger partial charge in [0, 0.05) is 27.5 Å². The summed E-state index contributed by atoms with van der Waals surface area (Å²) in [6.45, 7) is 1.56. The molecule has 7 nitrogen and oxygen atoms in total. The van der Waals surface area contributed by atoms with Crippen LogP contribution in [0.25, 0.3) is 0 Å². The lowest BCUT2D eigenvalue weighted by atomic mass is 10.2.